The summed E-state index contributed by atoms with van der Waals surface area (Å²) in [7, 11) is 3.33. The minimum atomic E-state index is -0.817. The molecule has 0 saturated carbocycles. The number of rotatable bonds is 8. The summed E-state index contributed by atoms with van der Waals surface area (Å²) in [5.41, 5.74) is -0.114. The lowest BCUT2D eigenvalue weighted by atomic mass is 10.0. The van der Waals surface area contributed by atoms with Crippen molar-refractivity contribution in [2.75, 3.05) is 27.2 Å². The van der Waals surface area contributed by atoms with Gasteiger partial charge in [0.25, 0.3) is 0 Å². The van der Waals surface area contributed by atoms with Gasteiger partial charge < -0.3 is 20.3 Å². The Kier molecular flexibility index (Phi) is 8.44. The van der Waals surface area contributed by atoms with Gasteiger partial charge in [0.05, 0.1) is 12.6 Å². The third-order valence-electron chi connectivity index (χ3n) is 3.92. The van der Waals surface area contributed by atoms with Gasteiger partial charge in [-0.25, -0.2) is 13.6 Å². The highest BCUT2D eigenvalue weighted by Crippen LogP contribution is 2.24. The molecule has 1 aromatic carbocycles. The summed E-state index contributed by atoms with van der Waals surface area (Å²) in [5.74, 6) is -2.00. The van der Waals surface area contributed by atoms with E-state index in [9.17, 15) is 18.4 Å². The monoisotopic (exact) mass is 371 g/mol. The molecule has 0 aliphatic carbocycles. The van der Waals surface area contributed by atoms with Crippen LogP contribution in [0.3, 0.4) is 0 Å². The van der Waals surface area contributed by atoms with Crippen molar-refractivity contribution in [2.45, 2.75) is 32.9 Å². The molecule has 2 atom stereocenters. The minimum Gasteiger partial charge on any atom is -0.450 e. The molecular weight excluding hydrogens is 344 g/mol. The Hall–Kier alpha value is -2.22. The van der Waals surface area contributed by atoms with E-state index in [1.165, 1.54) is 18.2 Å². The molecule has 2 amide bonds. The number of benzene rings is 1. The standard InChI is InChI=1S/C18H27F2N3O3/c1-6-26-18(25)22-16(11(2)3)17(24)21-10-14(23(4)5)15-12(19)8-7-9-13(15)20/h7-9,11,14,16H,6,10H2,1-5H3,(H,21,24)(H,22,25). The lowest BCUT2D eigenvalue weighted by molar-refractivity contribution is -0.124. The normalized spacial score (nSPS) is 13.4. The van der Waals surface area contributed by atoms with Crippen LogP contribution in [0.1, 0.15) is 32.4 Å². The maximum atomic E-state index is 14.1. The maximum absolute atomic E-state index is 14.1. The van der Waals surface area contributed by atoms with Crippen molar-refractivity contribution in [1.29, 1.82) is 0 Å². The Morgan fingerprint density at radius 1 is 1.19 bits per heavy atom. The van der Waals surface area contributed by atoms with Gasteiger partial charge in [0.2, 0.25) is 5.91 Å². The van der Waals surface area contributed by atoms with Crippen molar-refractivity contribution in [1.82, 2.24) is 15.5 Å². The first-order valence-electron chi connectivity index (χ1n) is 8.50. The molecule has 0 aliphatic heterocycles. The third kappa shape index (κ3) is 5.94. The van der Waals surface area contributed by atoms with Gasteiger partial charge in [0, 0.05) is 12.1 Å². The van der Waals surface area contributed by atoms with Crippen molar-refractivity contribution < 1.29 is 23.1 Å². The van der Waals surface area contributed by atoms with Gasteiger partial charge in [-0.3, -0.25) is 4.79 Å². The summed E-state index contributed by atoms with van der Waals surface area (Å²) < 4.78 is 33.0. The van der Waals surface area contributed by atoms with Crippen molar-refractivity contribution in [2.24, 2.45) is 5.92 Å². The van der Waals surface area contributed by atoms with Gasteiger partial charge in [-0.15, -0.1) is 0 Å². The molecule has 0 aromatic heterocycles. The quantitative estimate of drug-likeness (QED) is 0.736. The van der Waals surface area contributed by atoms with Crippen LogP contribution in [0.15, 0.2) is 18.2 Å². The molecule has 6 nitrogen and oxygen atoms in total. The van der Waals surface area contributed by atoms with E-state index in [1.807, 2.05) is 0 Å². The largest absolute Gasteiger partial charge is 0.450 e. The third-order valence-corrected chi connectivity index (χ3v) is 3.92. The molecule has 2 N–H and O–H groups in total. The fraction of sp³-hybridized carbons (Fsp3) is 0.556. The van der Waals surface area contributed by atoms with Crippen LogP contribution >= 0.6 is 0 Å². The van der Waals surface area contributed by atoms with E-state index in [4.69, 9.17) is 4.74 Å². The number of likely N-dealkylation sites (N-methyl/N-ethyl adjacent to an activating group) is 1. The predicted molar refractivity (Wildman–Crippen MR) is 94.6 cm³/mol. The first kappa shape index (κ1) is 21.8. The Labute approximate surface area is 152 Å². The summed E-state index contributed by atoms with van der Waals surface area (Å²) in [5, 5.41) is 5.16. The van der Waals surface area contributed by atoms with Crippen molar-refractivity contribution in [3.63, 3.8) is 0 Å². The molecule has 0 spiro atoms. The number of hydrogen-bond acceptors (Lipinski definition) is 4. The Balaban J connectivity index is 2.87. The zero-order valence-electron chi connectivity index (χ0n) is 15.8. The summed E-state index contributed by atoms with van der Waals surface area (Å²) in [6.07, 6.45) is -0.689. The molecule has 1 rings (SSSR count). The van der Waals surface area contributed by atoms with Gasteiger partial charge in [-0.1, -0.05) is 19.9 Å². The molecule has 2 unspecified atom stereocenters. The number of nitrogens with one attached hydrogen (secondary N) is 2. The molecule has 0 saturated heterocycles. The van der Waals surface area contributed by atoms with Gasteiger partial charge in [0.1, 0.15) is 17.7 Å². The van der Waals surface area contributed by atoms with Crippen molar-refractivity contribution >= 4 is 12.0 Å². The van der Waals surface area contributed by atoms with Crippen LogP contribution in [0.5, 0.6) is 0 Å². The van der Waals surface area contributed by atoms with E-state index in [-0.39, 0.29) is 24.6 Å². The summed E-state index contributed by atoms with van der Waals surface area (Å²) in [4.78, 5) is 25.7. The SMILES string of the molecule is CCOC(=O)NC(C(=O)NCC(c1c(F)cccc1F)N(C)C)C(C)C. The van der Waals surface area contributed by atoms with Gasteiger partial charge in [-0.2, -0.15) is 0 Å². The maximum Gasteiger partial charge on any atom is 0.407 e. The summed E-state index contributed by atoms with van der Waals surface area (Å²) in [6.45, 7) is 5.38. The fourth-order valence-corrected chi connectivity index (χ4v) is 2.51. The molecule has 26 heavy (non-hydrogen) atoms. The zero-order valence-corrected chi connectivity index (χ0v) is 15.8. The van der Waals surface area contributed by atoms with Crippen LogP contribution in [0.4, 0.5) is 13.6 Å². The van der Waals surface area contributed by atoms with Crippen LogP contribution in [0, 0.1) is 17.6 Å². The molecule has 146 valence electrons. The van der Waals surface area contributed by atoms with Crippen LogP contribution in [0.2, 0.25) is 0 Å². The number of carbonyl (C=O) groups is 2. The van der Waals surface area contributed by atoms with Crippen molar-refractivity contribution in [3.05, 3.63) is 35.4 Å². The zero-order chi connectivity index (χ0) is 19.9. The number of amides is 2. The Bertz CT molecular complexity index is 603. The number of ether oxygens (including phenoxy) is 1. The topological polar surface area (TPSA) is 70.7 Å². The van der Waals surface area contributed by atoms with Crippen molar-refractivity contribution in [3.8, 4) is 0 Å². The van der Waals surface area contributed by atoms with E-state index in [0.717, 1.165) is 0 Å². The minimum absolute atomic E-state index is 0.0165. The second-order valence-corrected chi connectivity index (χ2v) is 6.45. The van der Waals surface area contributed by atoms with Crippen LogP contribution < -0.4 is 10.6 Å². The van der Waals surface area contributed by atoms with E-state index < -0.39 is 35.7 Å². The molecule has 1 aromatic rings. The number of hydrogen-bond donors (Lipinski definition) is 2. The van der Waals surface area contributed by atoms with Crippen LogP contribution in [0.25, 0.3) is 0 Å². The Morgan fingerprint density at radius 3 is 2.23 bits per heavy atom. The van der Waals surface area contributed by atoms with Crippen LogP contribution in [-0.2, 0) is 9.53 Å². The summed E-state index contributed by atoms with van der Waals surface area (Å²) >= 11 is 0. The smallest absolute Gasteiger partial charge is 0.407 e. The second-order valence-electron chi connectivity index (χ2n) is 6.45. The number of nitrogens with zero attached hydrogens (tertiary/aromatic N) is 1. The van der Waals surface area contributed by atoms with E-state index in [2.05, 4.69) is 10.6 Å². The molecule has 0 radical (unpaired) electrons. The van der Waals surface area contributed by atoms with Gasteiger partial charge >= 0.3 is 6.09 Å². The highest BCUT2D eigenvalue weighted by molar-refractivity contribution is 5.85. The first-order chi connectivity index (χ1) is 12.2. The highest BCUT2D eigenvalue weighted by Gasteiger charge is 2.27. The number of alkyl carbamates (subject to hydrolysis) is 1. The molecule has 0 bridgehead atoms. The van der Waals surface area contributed by atoms with Gasteiger partial charge in [0.15, 0.2) is 0 Å². The molecule has 0 heterocycles. The molecule has 0 fully saturated rings. The summed E-state index contributed by atoms with van der Waals surface area (Å²) in [6, 6.07) is 2.13. The molecule has 0 aliphatic rings. The lowest BCUT2D eigenvalue weighted by Crippen LogP contribution is -2.51. The molecule has 8 heteroatoms. The van der Waals surface area contributed by atoms with Crippen LogP contribution in [-0.4, -0.2) is 50.2 Å². The van der Waals surface area contributed by atoms with E-state index in [1.54, 1.807) is 39.8 Å². The average molecular weight is 371 g/mol. The average Bonchev–Trinajstić information content (AvgIpc) is 2.54. The number of halogens is 2. The fourth-order valence-electron chi connectivity index (χ4n) is 2.51. The number of carbonyl (C=O) groups excluding carboxylic acids is 2. The lowest BCUT2D eigenvalue weighted by Gasteiger charge is -2.27. The van der Waals surface area contributed by atoms with E-state index >= 15 is 0 Å². The Morgan fingerprint density at radius 2 is 1.77 bits per heavy atom. The predicted octanol–water partition coefficient (Wildman–Crippen LogP) is 2.45. The second kappa shape index (κ2) is 10.1. The molecular formula is C18H27F2N3O3. The van der Waals surface area contributed by atoms with Gasteiger partial charge in [-0.05, 0) is 39.1 Å². The first-order valence-corrected chi connectivity index (χ1v) is 8.50. The van der Waals surface area contributed by atoms with E-state index in [0.29, 0.717) is 0 Å². The highest BCUT2D eigenvalue weighted by atomic mass is 19.1.